The van der Waals surface area contributed by atoms with Gasteiger partial charge in [0.2, 0.25) is 5.82 Å². The van der Waals surface area contributed by atoms with Gasteiger partial charge in [0, 0.05) is 20.0 Å². The van der Waals surface area contributed by atoms with Crippen molar-refractivity contribution in [3.63, 3.8) is 0 Å². The SMILES string of the molecule is COc1ccc(CO[C@H]2CCN(c3c([N+](=O)[O-])cnn3C)C[C@@H](F)C2)cc1. The molecule has 0 N–H and O–H groups in total. The Labute approximate surface area is 156 Å². The lowest BCUT2D eigenvalue weighted by molar-refractivity contribution is -0.384. The van der Waals surface area contributed by atoms with Gasteiger partial charge in [0.1, 0.15) is 18.1 Å². The van der Waals surface area contributed by atoms with E-state index in [0.29, 0.717) is 25.4 Å². The van der Waals surface area contributed by atoms with Gasteiger partial charge in [0.15, 0.2) is 0 Å². The molecule has 8 nitrogen and oxygen atoms in total. The normalized spacial score (nSPS) is 20.3. The predicted octanol–water partition coefficient (Wildman–Crippen LogP) is 2.86. The molecular weight excluding hydrogens is 355 g/mol. The van der Waals surface area contributed by atoms with Crippen LogP contribution in [0, 0.1) is 10.1 Å². The molecule has 1 aliphatic rings. The molecule has 0 saturated carbocycles. The van der Waals surface area contributed by atoms with Gasteiger partial charge in [-0.3, -0.25) is 10.1 Å². The molecule has 2 atom stereocenters. The van der Waals surface area contributed by atoms with E-state index in [-0.39, 0.29) is 24.8 Å². The fourth-order valence-electron chi connectivity index (χ4n) is 3.30. The van der Waals surface area contributed by atoms with E-state index in [1.54, 1.807) is 19.1 Å². The monoisotopic (exact) mass is 378 g/mol. The summed E-state index contributed by atoms with van der Waals surface area (Å²) in [5.74, 6) is 1.10. The summed E-state index contributed by atoms with van der Waals surface area (Å²) in [6, 6.07) is 7.53. The molecule has 146 valence electrons. The zero-order valence-electron chi connectivity index (χ0n) is 15.4. The molecule has 1 fully saturated rings. The van der Waals surface area contributed by atoms with Crippen molar-refractivity contribution in [3.8, 4) is 5.75 Å². The number of ether oxygens (including phenoxy) is 2. The van der Waals surface area contributed by atoms with E-state index >= 15 is 0 Å². The van der Waals surface area contributed by atoms with E-state index in [2.05, 4.69) is 5.10 Å². The number of methoxy groups -OCH3 is 1. The fraction of sp³-hybridized carbons (Fsp3) is 0.500. The highest BCUT2D eigenvalue weighted by Crippen LogP contribution is 2.30. The number of hydrogen-bond donors (Lipinski definition) is 0. The van der Waals surface area contributed by atoms with Gasteiger partial charge in [-0.1, -0.05) is 12.1 Å². The Morgan fingerprint density at radius 2 is 2.11 bits per heavy atom. The van der Waals surface area contributed by atoms with Gasteiger partial charge in [-0.2, -0.15) is 5.10 Å². The molecule has 1 aromatic carbocycles. The largest absolute Gasteiger partial charge is 0.497 e. The van der Waals surface area contributed by atoms with Crippen LogP contribution in [0.5, 0.6) is 5.75 Å². The van der Waals surface area contributed by atoms with Crippen molar-refractivity contribution >= 4 is 11.5 Å². The van der Waals surface area contributed by atoms with Crippen LogP contribution in [-0.2, 0) is 18.4 Å². The molecule has 1 saturated heterocycles. The first kappa shape index (κ1) is 19.1. The summed E-state index contributed by atoms with van der Waals surface area (Å²) in [5, 5.41) is 15.2. The summed E-state index contributed by atoms with van der Waals surface area (Å²) in [4.78, 5) is 12.4. The standard InChI is InChI=1S/C18H23FN4O4/c1-21-18(17(10-20-21)23(24)25)22-8-7-16(9-14(19)11-22)27-12-13-3-5-15(26-2)6-4-13/h3-6,10,14,16H,7-9,11-12H2,1-2H3/t14-,16-/m0/s1. The number of alkyl halides is 1. The second-order valence-electron chi connectivity index (χ2n) is 6.58. The van der Waals surface area contributed by atoms with Crippen LogP contribution in [0.25, 0.3) is 0 Å². The van der Waals surface area contributed by atoms with Gasteiger partial charge in [0.25, 0.3) is 0 Å². The molecule has 1 aliphatic heterocycles. The molecule has 2 heterocycles. The quantitative estimate of drug-likeness (QED) is 0.568. The van der Waals surface area contributed by atoms with E-state index in [4.69, 9.17) is 9.47 Å². The molecule has 0 bridgehead atoms. The Balaban J connectivity index is 1.63. The number of nitrogens with zero attached hydrogens (tertiary/aromatic N) is 4. The maximum atomic E-state index is 14.5. The van der Waals surface area contributed by atoms with Crippen molar-refractivity contribution in [2.45, 2.75) is 31.7 Å². The minimum atomic E-state index is -1.14. The Morgan fingerprint density at radius 3 is 2.78 bits per heavy atom. The molecule has 0 unspecified atom stereocenters. The van der Waals surface area contributed by atoms with Crippen molar-refractivity contribution in [2.24, 2.45) is 7.05 Å². The molecule has 3 rings (SSSR count). The number of benzene rings is 1. The number of rotatable bonds is 6. The molecule has 1 aromatic heterocycles. The Morgan fingerprint density at radius 1 is 1.37 bits per heavy atom. The summed E-state index contributed by atoms with van der Waals surface area (Å²) >= 11 is 0. The number of aryl methyl sites for hydroxylation is 1. The van der Waals surface area contributed by atoms with Crippen molar-refractivity contribution in [3.05, 3.63) is 46.1 Å². The van der Waals surface area contributed by atoms with Crippen molar-refractivity contribution in [1.29, 1.82) is 0 Å². The number of hydrogen-bond acceptors (Lipinski definition) is 6. The van der Waals surface area contributed by atoms with Gasteiger partial charge >= 0.3 is 5.69 Å². The molecule has 0 amide bonds. The van der Waals surface area contributed by atoms with Gasteiger partial charge in [-0.15, -0.1) is 0 Å². The molecule has 0 radical (unpaired) electrons. The topological polar surface area (TPSA) is 82.7 Å². The van der Waals surface area contributed by atoms with Gasteiger partial charge < -0.3 is 14.4 Å². The molecular formula is C18H23FN4O4. The van der Waals surface area contributed by atoms with Crippen LogP contribution >= 0.6 is 0 Å². The van der Waals surface area contributed by atoms with E-state index < -0.39 is 11.1 Å². The smallest absolute Gasteiger partial charge is 0.331 e. The lowest BCUT2D eigenvalue weighted by Crippen LogP contribution is -2.31. The first-order valence-electron chi connectivity index (χ1n) is 8.78. The Kier molecular flexibility index (Phi) is 5.90. The third-order valence-corrected chi connectivity index (χ3v) is 4.69. The van der Waals surface area contributed by atoms with E-state index in [1.165, 1.54) is 10.9 Å². The van der Waals surface area contributed by atoms with Gasteiger partial charge in [-0.05, 0) is 24.1 Å². The van der Waals surface area contributed by atoms with Crippen LogP contribution in [0.15, 0.2) is 30.5 Å². The molecule has 9 heteroatoms. The molecule has 27 heavy (non-hydrogen) atoms. The van der Waals surface area contributed by atoms with Crippen LogP contribution in [0.3, 0.4) is 0 Å². The summed E-state index contributed by atoms with van der Waals surface area (Å²) in [7, 11) is 3.23. The molecule has 0 spiro atoms. The summed E-state index contributed by atoms with van der Waals surface area (Å²) in [6.45, 7) is 0.935. The van der Waals surface area contributed by atoms with Crippen LogP contribution in [-0.4, -0.2) is 47.2 Å². The van der Waals surface area contributed by atoms with Crippen molar-refractivity contribution in [1.82, 2.24) is 9.78 Å². The van der Waals surface area contributed by atoms with Gasteiger partial charge in [-0.25, -0.2) is 9.07 Å². The highest BCUT2D eigenvalue weighted by Gasteiger charge is 2.31. The zero-order chi connectivity index (χ0) is 19.4. The summed E-state index contributed by atoms with van der Waals surface area (Å²) in [6.07, 6.45) is 0.657. The zero-order valence-corrected chi connectivity index (χ0v) is 15.4. The third kappa shape index (κ3) is 4.54. The van der Waals surface area contributed by atoms with Crippen LogP contribution in [0.2, 0.25) is 0 Å². The predicted molar refractivity (Wildman–Crippen MR) is 97.8 cm³/mol. The number of aromatic nitrogens is 2. The second kappa shape index (κ2) is 8.34. The Bertz CT molecular complexity index is 780. The van der Waals surface area contributed by atoms with E-state index in [9.17, 15) is 14.5 Å². The molecule has 2 aromatic rings. The number of anilines is 1. The maximum Gasteiger partial charge on any atom is 0.331 e. The number of halogens is 1. The van der Waals surface area contributed by atoms with Gasteiger partial charge in [0.05, 0.1) is 31.3 Å². The average molecular weight is 378 g/mol. The van der Waals surface area contributed by atoms with E-state index in [1.807, 2.05) is 24.3 Å². The fourth-order valence-corrected chi connectivity index (χ4v) is 3.30. The van der Waals surface area contributed by atoms with Crippen molar-refractivity contribution in [2.75, 3.05) is 25.1 Å². The Hall–Kier alpha value is -2.68. The van der Waals surface area contributed by atoms with E-state index in [0.717, 1.165) is 11.3 Å². The summed E-state index contributed by atoms with van der Waals surface area (Å²) < 4.78 is 26.9. The second-order valence-corrected chi connectivity index (χ2v) is 6.58. The maximum absolute atomic E-state index is 14.5. The minimum Gasteiger partial charge on any atom is -0.497 e. The van der Waals surface area contributed by atoms with Crippen molar-refractivity contribution < 1.29 is 18.8 Å². The lowest BCUT2D eigenvalue weighted by atomic mass is 10.1. The highest BCUT2D eigenvalue weighted by atomic mass is 19.1. The third-order valence-electron chi connectivity index (χ3n) is 4.69. The average Bonchev–Trinajstić information content (AvgIpc) is 2.94. The highest BCUT2D eigenvalue weighted by molar-refractivity contribution is 5.57. The first-order valence-corrected chi connectivity index (χ1v) is 8.78. The van der Waals surface area contributed by atoms with Crippen LogP contribution < -0.4 is 9.64 Å². The van der Waals surface area contributed by atoms with Crippen LogP contribution in [0.1, 0.15) is 18.4 Å². The lowest BCUT2D eigenvalue weighted by Gasteiger charge is -2.22. The summed E-state index contributed by atoms with van der Waals surface area (Å²) in [5.41, 5.74) is 0.872. The molecule has 0 aliphatic carbocycles. The minimum absolute atomic E-state index is 0.0861. The first-order chi connectivity index (χ1) is 13.0. The van der Waals surface area contributed by atoms with Crippen LogP contribution in [0.4, 0.5) is 15.9 Å². The number of nitro groups is 1.